The zero-order valence-electron chi connectivity index (χ0n) is 11.8. The number of carboxylic acids is 1. The van der Waals surface area contributed by atoms with Gasteiger partial charge in [-0.25, -0.2) is 9.36 Å². The third-order valence-electron chi connectivity index (χ3n) is 3.24. The molecule has 1 atom stereocenters. The van der Waals surface area contributed by atoms with Crippen molar-refractivity contribution in [1.82, 2.24) is 14.9 Å². The second-order valence-corrected chi connectivity index (χ2v) is 4.76. The molecule has 8 heteroatoms. The van der Waals surface area contributed by atoms with E-state index >= 15 is 0 Å². The van der Waals surface area contributed by atoms with Gasteiger partial charge in [0.25, 0.3) is 5.56 Å². The van der Waals surface area contributed by atoms with E-state index < -0.39 is 29.2 Å². The van der Waals surface area contributed by atoms with Gasteiger partial charge in [-0.1, -0.05) is 12.1 Å². The van der Waals surface area contributed by atoms with Crippen LogP contribution in [0.4, 0.5) is 0 Å². The number of nitrogens with zero attached hydrogens (tertiary/aromatic N) is 1. The molecule has 2 rings (SSSR count). The van der Waals surface area contributed by atoms with Crippen molar-refractivity contribution < 1.29 is 14.7 Å². The van der Waals surface area contributed by atoms with Crippen LogP contribution in [0.25, 0.3) is 10.9 Å². The van der Waals surface area contributed by atoms with Crippen molar-refractivity contribution in [1.29, 1.82) is 0 Å². The zero-order chi connectivity index (χ0) is 16.3. The number of aromatic nitrogens is 2. The second kappa shape index (κ2) is 6.25. The van der Waals surface area contributed by atoms with Gasteiger partial charge in [0, 0.05) is 6.54 Å². The number of benzene rings is 1. The third-order valence-corrected chi connectivity index (χ3v) is 3.24. The minimum atomic E-state index is -1.05. The fourth-order valence-corrected chi connectivity index (χ4v) is 2.09. The van der Waals surface area contributed by atoms with Crippen molar-refractivity contribution in [3.05, 3.63) is 45.1 Å². The topological polar surface area (TPSA) is 121 Å². The van der Waals surface area contributed by atoms with Gasteiger partial charge in [0.1, 0.15) is 6.04 Å². The summed E-state index contributed by atoms with van der Waals surface area (Å²) < 4.78 is 0.818. The average Bonchev–Trinajstić information content (AvgIpc) is 2.46. The summed E-state index contributed by atoms with van der Waals surface area (Å²) in [6.07, 6.45) is -0.235. The minimum absolute atomic E-state index is 0.0707. The highest BCUT2D eigenvalue weighted by Gasteiger charge is 2.20. The molecular weight excluding hydrogens is 290 g/mol. The Morgan fingerprint density at radius 3 is 2.68 bits per heavy atom. The number of carbonyl (C=O) groups is 2. The van der Waals surface area contributed by atoms with E-state index in [0.29, 0.717) is 10.9 Å². The van der Waals surface area contributed by atoms with E-state index in [1.54, 1.807) is 24.3 Å². The zero-order valence-corrected chi connectivity index (χ0v) is 11.8. The van der Waals surface area contributed by atoms with Crippen molar-refractivity contribution in [2.45, 2.75) is 19.4 Å². The smallest absolute Gasteiger partial charge is 0.329 e. The number of hydrogen-bond donors (Lipinski definition) is 3. The summed E-state index contributed by atoms with van der Waals surface area (Å²) in [6, 6.07) is 5.45. The molecule has 1 heterocycles. The van der Waals surface area contributed by atoms with Crippen molar-refractivity contribution in [3.63, 3.8) is 0 Å². The molecule has 116 valence electrons. The molecule has 1 amide bonds. The van der Waals surface area contributed by atoms with E-state index in [4.69, 9.17) is 5.11 Å². The number of hydrogen-bond acceptors (Lipinski definition) is 4. The van der Waals surface area contributed by atoms with Crippen LogP contribution in [0.1, 0.15) is 19.4 Å². The van der Waals surface area contributed by atoms with E-state index in [1.807, 2.05) is 0 Å². The maximum Gasteiger partial charge on any atom is 0.329 e. The molecule has 8 nitrogen and oxygen atoms in total. The van der Waals surface area contributed by atoms with Crippen LogP contribution < -0.4 is 16.6 Å². The maximum absolute atomic E-state index is 12.3. The van der Waals surface area contributed by atoms with Crippen LogP contribution in [-0.2, 0) is 9.59 Å². The van der Waals surface area contributed by atoms with E-state index in [0.717, 1.165) is 4.57 Å². The van der Waals surface area contributed by atoms with Crippen molar-refractivity contribution in [3.8, 4) is 0 Å². The number of H-pyrrole nitrogens is 1. The highest BCUT2D eigenvalue weighted by atomic mass is 16.4. The molecule has 3 N–H and O–H groups in total. The molecule has 1 aromatic heterocycles. The summed E-state index contributed by atoms with van der Waals surface area (Å²) in [4.78, 5) is 49.3. The van der Waals surface area contributed by atoms with Crippen LogP contribution >= 0.6 is 0 Å². The van der Waals surface area contributed by atoms with Crippen LogP contribution in [0.15, 0.2) is 33.9 Å². The van der Waals surface area contributed by atoms with E-state index in [-0.39, 0.29) is 13.0 Å². The molecule has 2 aromatic rings. The van der Waals surface area contributed by atoms with Crippen LogP contribution in [0, 0.1) is 0 Å². The Balaban J connectivity index is 2.34. The number of aliphatic carboxylic acids is 1. The molecule has 22 heavy (non-hydrogen) atoms. The Morgan fingerprint density at radius 1 is 1.32 bits per heavy atom. The lowest BCUT2D eigenvalue weighted by Crippen LogP contribution is -2.43. The summed E-state index contributed by atoms with van der Waals surface area (Å²) in [7, 11) is 0. The Hall–Kier alpha value is -2.90. The van der Waals surface area contributed by atoms with E-state index in [9.17, 15) is 19.2 Å². The molecule has 0 aliphatic rings. The predicted molar refractivity (Wildman–Crippen MR) is 78.8 cm³/mol. The quantitative estimate of drug-likeness (QED) is 0.709. The van der Waals surface area contributed by atoms with E-state index in [1.165, 1.54) is 6.92 Å². The molecular formula is C14H15N3O5. The fraction of sp³-hybridized carbons (Fsp3) is 0.286. The van der Waals surface area contributed by atoms with Gasteiger partial charge in [0.05, 0.1) is 17.3 Å². The summed E-state index contributed by atoms with van der Waals surface area (Å²) in [5, 5.41) is 11.2. The Morgan fingerprint density at radius 2 is 2.00 bits per heavy atom. The second-order valence-electron chi connectivity index (χ2n) is 4.76. The average molecular weight is 305 g/mol. The van der Waals surface area contributed by atoms with Gasteiger partial charge in [-0.3, -0.25) is 14.4 Å². The number of amides is 1. The molecule has 0 saturated heterocycles. The van der Waals surface area contributed by atoms with Gasteiger partial charge in [-0.15, -0.1) is 0 Å². The highest BCUT2D eigenvalue weighted by Crippen LogP contribution is 2.06. The summed E-state index contributed by atoms with van der Waals surface area (Å²) in [6.45, 7) is 1.33. The number of carbonyl (C=O) groups excluding carboxylic acids is 1. The first-order valence-corrected chi connectivity index (χ1v) is 6.65. The lowest BCUT2D eigenvalue weighted by molar-refractivity contribution is -0.137. The molecule has 0 aliphatic carbocycles. The summed E-state index contributed by atoms with van der Waals surface area (Å²) in [5.41, 5.74) is -0.864. The standard InChI is InChI=1S/C14H15N3O5/c1-8(12(20)15-7-6-11(18)19)17-13(21)9-4-2-3-5-10(9)16-14(17)22/h2-5,8H,6-7H2,1H3,(H,15,20)(H,16,22)(H,18,19)/t8-/m0/s1. The largest absolute Gasteiger partial charge is 0.481 e. The maximum atomic E-state index is 12.3. The molecule has 0 unspecified atom stereocenters. The van der Waals surface area contributed by atoms with E-state index in [2.05, 4.69) is 10.3 Å². The Kier molecular flexibility index (Phi) is 4.40. The Bertz CT molecular complexity index is 836. The van der Waals surface area contributed by atoms with Crippen LogP contribution in [0.2, 0.25) is 0 Å². The third kappa shape index (κ3) is 3.05. The molecule has 0 aliphatic heterocycles. The number of nitrogens with one attached hydrogen (secondary N) is 2. The van der Waals surface area contributed by atoms with Gasteiger partial charge in [0.2, 0.25) is 5.91 Å². The van der Waals surface area contributed by atoms with Crippen LogP contribution in [-0.4, -0.2) is 33.1 Å². The summed E-state index contributed by atoms with van der Waals surface area (Å²) >= 11 is 0. The Labute approximate surface area is 124 Å². The minimum Gasteiger partial charge on any atom is -0.481 e. The number of carboxylic acid groups (broad SMARTS) is 1. The lowest BCUT2D eigenvalue weighted by Gasteiger charge is -2.14. The highest BCUT2D eigenvalue weighted by molar-refractivity contribution is 5.81. The SMILES string of the molecule is C[C@@H](C(=O)NCCC(=O)O)n1c(=O)[nH]c2ccccc2c1=O. The van der Waals surface area contributed by atoms with Gasteiger partial charge < -0.3 is 15.4 Å². The first-order valence-electron chi connectivity index (χ1n) is 6.65. The van der Waals surface area contributed by atoms with Gasteiger partial charge >= 0.3 is 11.7 Å². The normalized spacial score (nSPS) is 12.0. The molecule has 0 saturated carbocycles. The molecule has 0 fully saturated rings. The first-order chi connectivity index (χ1) is 10.4. The van der Waals surface area contributed by atoms with Gasteiger partial charge in [-0.05, 0) is 19.1 Å². The number of para-hydroxylation sites is 1. The number of aromatic amines is 1. The van der Waals surface area contributed by atoms with Crippen LogP contribution in [0.5, 0.6) is 0 Å². The number of fused-ring (bicyclic) bond motifs is 1. The molecule has 0 radical (unpaired) electrons. The predicted octanol–water partition coefficient (Wildman–Crippen LogP) is -0.158. The van der Waals surface area contributed by atoms with Crippen molar-refractivity contribution in [2.24, 2.45) is 0 Å². The first kappa shape index (κ1) is 15.5. The van der Waals surface area contributed by atoms with Crippen molar-refractivity contribution in [2.75, 3.05) is 6.54 Å². The van der Waals surface area contributed by atoms with Gasteiger partial charge in [0.15, 0.2) is 0 Å². The van der Waals surface area contributed by atoms with Crippen LogP contribution in [0.3, 0.4) is 0 Å². The molecule has 0 spiro atoms. The molecule has 0 bridgehead atoms. The summed E-state index contributed by atoms with van der Waals surface area (Å²) in [5.74, 6) is -1.64. The van der Waals surface area contributed by atoms with Gasteiger partial charge in [-0.2, -0.15) is 0 Å². The van der Waals surface area contributed by atoms with Crippen molar-refractivity contribution >= 4 is 22.8 Å². The molecule has 1 aromatic carbocycles. The number of rotatable bonds is 5. The fourth-order valence-electron chi connectivity index (χ4n) is 2.09. The monoisotopic (exact) mass is 305 g/mol. The lowest BCUT2D eigenvalue weighted by atomic mass is 10.2.